The minimum Gasteiger partial charge on any atom is -0.461 e. The Bertz CT molecular complexity index is 811. The van der Waals surface area contributed by atoms with Gasteiger partial charge in [0.25, 0.3) is 0 Å². The average Bonchev–Trinajstić information content (AvgIpc) is 2.97. The first-order valence-corrected chi connectivity index (χ1v) is 7.56. The normalized spacial score (nSPS) is 10.8. The zero-order chi connectivity index (χ0) is 14.8. The molecule has 2 heterocycles. The van der Waals surface area contributed by atoms with Crippen molar-refractivity contribution in [3.05, 3.63) is 47.1 Å². The second-order valence-corrected chi connectivity index (χ2v) is 5.48. The number of hydrogen-bond acceptors (Lipinski definition) is 5. The highest BCUT2D eigenvalue weighted by molar-refractivity contribution is 7.13. The minimum atomic E-state index is -0.377. The van der Waals surface area contributed by atoms with E-state index in [0.717, 1.165) is 27.2 Å². The maximum Gasteiger partial charge on any atom is 0.357 e. The highest BCUT2D eigenvalue weighted by atomic mass is 32.1. The average molecular weight is 298 g/mol. The fourth-order valence-corrected chi connectivity index (χ4v) is 2.85. The molecule has 0 spiro atoms. The summed E-state index contributed by atoms with van der Waals surface area (Å²) in [6.07, 6.45) is 0. The number of rotatable bonds is 3. The van der Waals surface area contributed by atoms with E-state index in [1.165, 1.54) is 11.3 Å². The largest absolute Gasteiger partial charge is 0.461 e. The molecule has 3 rings (SSSR count). The zero-order valence-electron chi connectivity index (χ0n) is 11.8. The van der Waals surface area contributed by atoms with Crippen LogP contribution in [0.5, 0.6) is 0 Å². The molecule has 0 aliphatic heterocycles. The van der Waals surface area contributed by atoms with E-state index < -0.39 is 0 Å². The third-order valence-electron chi connectivity index (χ3n) is 3.06. The molecule has 0 saturated carbocycles. The fraction of sp³-hybridized carbons (Fsp3) is 0.188. The highest BCUT2D eigenvalue weighted by Crippen LogP contribution is 2.27. The summed E-state index contributed by atoms with van der Waals surface area (Å²) in [6.45, 7) is 4.11. The molecule has 0 fully saturated rings. The van der Waals surface area contributed by atoms with Gasteiger partial charge in [-0.2, -0.15) is 0 Å². The number of fused-ring (bicyclic) bond motifs is 1. The van der Waals surface area contributed by atoms with Gasteiger partial charge in [-0.05, 0) is 38.1 Å². The minimum absolute atomic E-state index is 0.354. The van der Waals surface area contributed by atoms with Crippen molar-refractivity contribution in [1.82, 2.24) is 9.97 Å². The van der Waals surface area contributed by atoms with Crippen LogP contribution in [0.15, 0.2) is 35.7 Å². The second-order valence-electron chi connectivity index (χ2n) is 4.62. The molecule has 5 heteroatoms. The Balaban J connectivity index is 1.97. The number of aryl methyl sites for hydroxylation is 1. The summed E-state index contributed by atoms with van der Waals surface area (Å²) in [5.74, 6) is -0.377. The molecule has 21 heavy (non-hydrogen) atoms. The summed E-state index contributed by atoms with van der Waals surface area (Å²) >= 11 is 1.44. The lowest BCUT2D eigenvalue weighted by atomic mass is 10.1. The van der Waals surface area contributed by atoms with Crippen LogP contribution in [0.3, 0.4) is 0 Å². The quantitative estimate of drug-likeness (QED) is 0.689. The van der Waals surface area contributed by atoms with E-state index in [-0.39, 0.29) is 5.97 Å². The molecule has 0 saturated heterocycles. The van der Waals surface area contributed by atoms with Crippen molar-refractivity contribution >= 4 is 28.2 Å². The van der Waals surface area contributed by atoms with E-state index in [9.17, 15) is 4.79 Å². The Labute approximate surface area is 126 Å². The molecule has 0 aliphatic carbocycles. The van der Waals surface area contributed by atoms with Crippen LogP contribution in [0.1, 0.15) is 23.1 Å². The Morgan fingerprint density at radius 2 is 2.10 bits per heavy atom. The third-order valence-corrected chi connectivity index (χ3v) is 3.96. The summed E-state index contributed by atoms with van der Waals surface area (Å²) in [7, 11) is 0. The van der Waals surface area contributed by atoms with E-state index in [4.69, 9.17) is 4.74 Å². The first-order valence-electron chi connectivity index (χ1n) is 6.68. The molecule has 0 radical (unpaired) electrons. The molecule has 2 aromatic heterocycles. The van der Waals surface area contributed by atoms with Crippen molar-refractivity contribution in [3.8, 4) is 10.6 Å². The Morgan fingerprint density at radius 1 is 1.24 bits per heavy atom. The van der Waals surface area contributed by atoms with Crippen LogP contribution in [-0.4, -0.2) is 22.5 Å². The topological polar surface area (TPSA) is 52.1 Å². The van der Waals surface area contributed by atoms with E-state index in [2.05, 4.69) is 9.97 Å². The summed E-state index contributed by atoms with van der Waals surface area (Å²) < 4.78 is 4.96. The zero-order valence-corrected chi connectivity index (χ0v) is 12.6. The lowest BCUT2D eigenvalue weighted by Crippen LogP contribution is -2.04. The van der Waals surface area contributed by atoms with Gasteiger partial charge in [0.2, 0.25) is 0 Å². The lowest BCUT2D eigenvalue weighted by Gasteiger charge is -2.01. The van der Waals surface area contributed by atoms with Crippen LogP contribution >= 0.6 is 11.3 Å². The molecule has 0 N–H and O–H groups in total. The summed E-state index contributed by atoms with van der Waals surface area (Å²) in [5.41, 5.74) is 3.29. The van der Waals surface area contributed by atoms with Gasteiger partial charge in [0, 0.05) is 22.0 Å². The SMILES string of the molecule is CCOC(=O)c1csc(-c2ccc3nc(C)ccc3c2)n1. The van der Waals surface area contributed by atoms with Crippen molar-refractivity contribution in [3.63, 3.8) is 0 Å². The Hall–Kier alpha value is -2.27. The van der Waals surface area contributed by atoms with Gasteiger partial charge in [0.1, 0.15) is 5.01 Å². The molecule has 0 aliphatic rings. The van der Waals surface area contributed by atoms with Crippen molar-refractivity contribution < 1.29 is 9.53 Å². The number of pyridine rings is 1. The maximum atomic E-state index is 11.7. The molecule has 0 bridgehead atoms. The molecule has 0 atom stereocenters. The van der Waals surface area contributed by atoms with Crippen LogP contribution in [-0.2, 0) is 4.74 Å². The smallest absolute Gasteiger partial charge is 0.357 e. The predicted molar refractivity (Wildman–Crippen MR) is 83.5 cm³/mol. The molecule has 1 aromatic carbocycles. The van der Waals surface area contributed by atoms with Gasteiger partial charge in [-0.15, -0.1) is 11.3 Å². The molecule has 0 unspecified atom stereocenters. The van der Waals surface area contributed by atoms with Gasteiger partial charge in [-0.1, -0.05) is 6.07 Å². The number of nitrogens with zero attached hydrogens (tertiary/aromatic N) is 2. The molecule has 106 valence electrons. The van der Waals surface area contributed by atoms with Crippen molar-refractivity contribution in [2.45, 2.75) is 13.8 Å². The van der Waals surface area contributed by atoms with E-state index in [0.29, 0.717) is 12.3 Å². The molecule has 4 nitrogen and oxygen atoms in total. The number of ether oxygens (including phenoxy) is 1. The van der Waals surface area contributed by atoms with E-state index >= 15 is 0 Å². The summed E-state index contributed by atoms with van der Waals surface area (Å²) in [4.78, 5) is 20.5. The van der Waals surface area contributed by atoms with Crippen molar-refractivity contribution in [2.75, 3.05) is 6.61 Å². The van der Waals surface area contributed by atoms with Gasteiger partial charge >= 0.3 is 5.97 Å². The standard InChI is InChI=1S/C16H14N2O2S/c1-3-20-16(19)14-9-21-15(18-14)12-6-7-13-11(8-12)5-4-10(2)17-13/h4-9H,3H2,1-2H3. The predicted octanol–water partition coefficient (Wildman–Crippen LogP) is 3.84. The van der Waals surface area contributed by atoms with Crippen LogP contribution in [0, 0.1) is 6.92 Å². The maximum absolute atomic E-state index is 11.7. The van der Waals surface area contributed by atoms with Gasteiger partial charge < -0.3 is 4.74 Å². The highest BCUT2D eigenvalue weighted by Gasteiger charge is 2.12. The molecule has 0 amide bonds. The van der Waals surface area contributed by atoms with Gasteiger partial charge in [0.15, 0.2) is 5.69 Å². The van der Waals surface area contributed by atoms with Crippen molar-refractivity contribution in [2.24, 2.45) is 0 Å². The first kappa shape index (κ1) is 13.7. The number of thiazole rings is 1. The van der Waals surface area contributed by atoms with E-state index in [1.54, 1.807) is 12.3 Å². The van der Waals surface area contributed by atoms with Gasteiger partial charge in [0.05, 0.1) is 12.1 Å². The van der Waals surface area contributed by atoms with Crippen LogP contribution in [0.4, 0.5) is 0 Å². The van der Waals surface area contributed by atoms with Crippen LogP contribution in [0.25, 0.3) is 21.5 Å². The van der Waals surface area contributed by atoms with Gasteiger partial charge in [-0.25, -0.2) is 9.78 Å². The number of benzene rings is 1. The van der Waals surface area contributed by atoms with E-state index in [1.807, 2.05) is 37.3 Å². The number of hydrogen-bond donors (Lipinski definition) is 0. The number of esters is 1. The fourth-order valence-electron chi connectivity index (χ4n) is 2.07. The van der Waals surface area contributed by atoms with Crippen LogP contribution in [0.2, 0.25) is 0 Å². The first-order chi connectivity index (χ1) is 10.2. The third kappa shape index (κ3) is 2.78. The summed E-state index contributed by atoms with van der Waals surface area (Å²) in [5, 5.41) is 3.59. The summed E-state index contributed by atoms with van der Waals surface area (Å²) in [6, 6.07) is 10.0. The number of carbonyl (C=O) groups is 1. The van der Waals surface area contributed by atoms with Crippen molar-refractivity contribution in [1.29, 1.82) is 0 Å². The molecular weight excluding hydrogens is 284 g/mol. The van der Waals surface area contributed by atoms with Gasteiger partial charge in [-0.3, -0.25) is 4.98 Å². The molecule has 3 aromatic rings. The lowest BCUT2D eigenvalue weighted by molar-refractivity contribution is 0.0520. The second kappa shape index (κ2) is 5.61. The monoisotopic (exact) mass is 298 g/mol. The number of carbonyl (C=O) groups excluding carboxylic acids is 1. The number of aromatic nitrogens is 2. The molecular formula is C16H14N2O2S. The van der Waals surface area contributed by atoms with Crippen LogP contribution < -0.4 is 0 Å². The Morgan fingerprint density at radius 3 is 2.90 bits per heavy atom. The Kier molecular flexibility index (Phi) is 3.66.